The summed E-state index contributed by atoms with van der Waals surface area (Å²) in [6.45, 7) is 3.59. The molecule has 4 heterocycles. The average Bonchev–Trinajstić information content (AvgIpc) is 3.21. The summed E-state index contributed by atoms with van der Waals surface area (Å²) in [6, 6.07) is 7.50. The van der Waals surface area contributed by atoms with Gasteiger partial charge in [0.05, 0.1) is 0 Å². The van der Waals surface area contributed by atoms with Crippen molar-refractivity contribution in [2.45, 2.75) is 25.8 Å². The fourth-order valence-corrected chi connectivity index (χ4v) is 3.96. The molecular weight excluding hydrogens is 419 g/mol. The molecule has 1 aliphatic heterocycles. The number of nitrogens with zero attached hydrogens (tertiary/aromatic N) is 6. The lowest BCUT2D eigenvalue weighted by molar-refractivity contribution is 0.449. The minimum atomic E-state index is -1.51. The quantitative estimate of drug-likeness (QED) is 0.485. The van der Waals surface area contributed by atoms with Crippen LogP contribution in [0.2, 0.25) is 0 Å². The summed E-state index contributed by atoms with van der Waals surface area (Å²) < 4.78 is 42.9. The summed E-state index contributed by atoms with van der Waals surface area (Å²) in [6.07, 6.45) is 4.98. The van der Waals surface area contributed by atoms with Crippen LogP contribution in [0.5, 0.6) is 0 Å². The predicted octanol–water partition coefficient (Wildman–Crippen LogP) is 3.99. The number of rotatable bonds is 4. The fraction of sp³-hybridized carbons (Fsp3) is 0.273. The molecule has 1 N–H and O–H groups in total. The van der Waals surface area contributed by atoms with Crippen molar-refractivity contribution in [1.29, 1.82) is 0 Å². The molecule has 0 aliphatic carbocycles. The van der Waals surface area contributed by atoms with Crippen LogP contribution in [0.4, 0.5) is 24.9 Å². The smallest absolute Gasteiger partial charge is 0.243 e. The molecule has 0 atom stereocenters. The van der Waals surface area contributed by atoms with Crippen LogP contribution < -0.4 is 10.2 Å². The monoisotopic (exact) mass is 439 g/mol. The van der Waals surface area contributed by atoms with Crippen LogP contribution in [-0.4, -0.2) is 43.7 Å². The van der Waals surface area contributed by atoms with Crippen LogP contribution in [0, 0.1) is 24.4 Å². The number of hydrogen-bond acceptors (Lipinski definition) is 6. The molecule has 0 spiro atoms. The van der Waals surface area contributed by atoms with Gasteiger partial charge in [0, 0.05) is 48.2 Å². The van der Waals surface area contributed by atoms with Crippen molar-refractivity contribution in [1.82, 2.24) is 24.6 Å². The number of anilines is 2. The van der Waals surface area contributed by atoms with Crippen molar-refractivity contribution in [2.75, 3.05) is 23.3 Å². The van der Waals surface area contributed by atoms with E-state index in [1.54, 1.807) is 24.7 Å². The summed E-state index contributed by atoms with van der Waals surface area (Å²) in [5.74, 6) is -2.67. The Morgan fingerprint density at radius 1 is 1.00 bits per heavy atom. The van der Waals surface area contributed by atoms with Crippen molar-refractivity contribution < 1.29 is 13.2 Å². The number of aromatic nitrogens is 5. The zero-order valence-corrected chi connectivity index (χ0v) is 17.3. The molecule has 3 aromatic heterocycles. The Kier molecular flexibility index (Phi) is 5.12. The van der Waals surface area contributed by atoms with Gasteiger partial charge >= 0.3 is 0 Å². The Balaban J connectivity index is 1.35. The van der Waals surface area contributed by atoms with E-state index in [0.29, 0.717) is 17.2 Å². The molecule has 1 saturated heterocycles. The molecule has 1 fully saturated rings. The maximum atomic E-state index is 14.4. The fourth-order valence-electron chi connectivity index (χ4n) is 3.96. The maximum absolute atomic E-state index is 14.4. The van der Waals surface area contributed by atoms with Gasteiger partial charge in [0.25, 0.3) is 0 Å². The van der Waals surface area contributed by atoms with Gasteiger partial charge in [0.15, 0.2) is 23.1 Å². The third-order valence-electron chi connectivity index (χ3n) is 5.63. The molecule has 1 aromatic carbocycles. The SMILES string of the molecule is Cc1cc(N2CCC(Nc3nc4c(-c5ccc(F)c(F)c5F)cccn4n3)CC2)ncn1. The standard InChI is InChI=1S/C22H20F3N7/c1-13-11-18(27-12-26-13)31-9-6-14(7-10-31)28-22-29-21-16(3-2-8-32(21)30-22)15-4-5-17(23)20(25)19(15)24/h2-5,8,11-12,14H,6-7,9-10H2,1H3,(H,28,30). The molecule has 0 saturated carbocycles. The van der Waals surface area contributed by atoms with Crippen LogP contribution in [0.15, 0.2) is 42.9 Å². The minimum absolute atomic E-state index is 0.0677. The number of pyridine rings is 1. The van der Waals surface area contributed by atoms with Crippen molar-refractivity contribution in [3.05, 3.63) is 66.0 Å². The Labute approximate surface area is 182 Å². The Morgan fingerprint density at radius 3 is 2.59 bits per heavy atom. The normalized spacial score (nSPS) is 14.8. The van der Waals surface area contributed by atoms with E-state index in [9.17, 15) is 13.2 Å². The summed E-state index contributed by atoms with van der Waals surface area (Å²) >= 11 is 0. The lowest BCUT2D eigenvalue weighted by Crippen LogP contribution is -2.39. The molecule has 0 unspecified atom stereocenters. The number of benzene rings is 1. The van der Waals surface area contributed by atoms with Crippen LogP contribution in [0.25, 0.3) is 16.8 Å². The number of hydrogen-bond donors (Lipinski definition) is 1. The highest BCUT2D eigenvalue weighted by Gasteiger charge is 2.22. The van der Waals surface area contributed by atoms with Gasteiger partial charge in [0.1, 0.15) is 12.1 Å². The second-order valence-electron chi connectivity index (χ2n) is 7.77. The second-order valence-corrected chi connectivity index (χ2v) is 7.77. The highest BCUT2D eigenvalue weighted by atomic mass is 19.2. The van der Waals surface area contributed by atoms with Gasteiger partial charge < -0.3 is 10.2 Å². The molecule has 0 amide bonds. The molecule has 0 bridgehead atoms. The molecule has 164 valence electrons. The van der Waals surface area contributed by atoms with Gasteiger partial charge in [-0.2, -0.15) is 4.98 Å². The first-order valence-electron chi connectivity index (χ1n) is 10.3. The number of halogens is 3. The number of fused-ring (bicyclic) bond motifs is 1. The zero-order valence-electron chi connectivity index (χ0n) is 17.3. The van der Waals surface area contributed by atoms with Gasteiger partial charge in [-0.15, -0.1) is 5.10 Å². The largest absolute Gasteiger partial charge is 0.356 e. The average molecular weight is 439 g/mol. The zero-order chi connectivity index (χ0) is 22.2. The topological polar surface area (TPSA) is 71.2 Å². The highest BCUT2D eigenvalue weighted by Crippen LogP contribution is 2.29. The van der Waals surface area contributed by atoms with E-state index in [-0.39, 0.29) is 11.6 Å². The first-order chi connectivity index (χ1) is 15.5. The number of aryl methyl sites for hydroxylation is 1. The number of piperidine rings is 1. The Bertz CT molecular complexity index is 1280. The lowest BCUT2D eigenvalue weighted by atomic mass is 10.1. The summed E-state index contributed by atoms with van der Waals surface area (Å²) in [7, 11) is 0. The second kappa shape index (κ2) is 8.10. The van der Waals surface area contributed by atoms with Gasteiger partial charge in [-0.25, -0.2) is 27.7 Å². The van der Waals surface area contributed by atoms with E-state index in [2.05, 4.69) is 30.3 Å². The van der Waals surface area contributed by atoms with Crippen LogP contribution in [0.3, 0.4) is 0 Å². The van der Waals surface area contributed by atoms with E-state index < -0.39 is 17.5 Å². The lowest BCUT2D eigenvalue weighted by Gasteiger charge is -2.32. The van der Waals surface area contributed by atoms with Crippen molar-refractivity contribution in [3.8, 4) is 11.1 Å². The van der Waals surface area contributed by atoms with E-state index in [4.69, 9.17) is 0 Å². The van der Waals surface area contributed by atoms with Gasteiger partial charge in [-0.3, -0.25) is 0 Å². The Hall–Kier alpha value is -3.69. The third kappa shape index (κ3) is 3.72. The molecule has 1 aliphatic rings. The third-order valence-corrected chi connectivity index (χ3v) is 5.63. The molecular formula is C22H20F3N7. The van der Waals surface area contributed by atoms with E-state index >= 15 is 0 Å². The van der Waals surface area contributed by atoms with Crippen molar-refractivity contribution in [2.24, 2.45) is 0 Å². The summed E-state index contributed by atoms with van der Waals surface area (Å²) in [5, 5.41) is 7.76. The van der Waals surface area contributed by atoms with Crippen LogP contribution in [0.1, 0.15) is 18.5 Å². The predicted molar refractivity (Wildman–Crippen MR) is 114 cm³/mol. The summed E-state index contributed by atoms with van der Waals surface area (Å²) in [4.78, 5) is 15.2. The molecule has 7 nitrogen and oxygen atoms in total. The first-order valence-corrected chi connectivity index (χ1v) is 10.3. The molecule has 32 heavy (non-hydrogen) atoms. The molecule has 10 heteroatoms. The first kappa shape index (κ1) is 20.2. The van der Waals surface area contributed by atoms with Gasteiger partial charge in [-0.05, 0) is 44.0 Å². The molecule has 4 aromatic rings. The van der Waals surface area contributed by atoms with E-state index in [1.807, 2.05) is 13.0 Å². The van der Waals surface area contributed by atoms with Crippen molar-refractivity contribution >= 4 is 17.4 Å². The molecule has 0 radical (unpaired) electrons. The number of nitrogens with one attached hydrogen (secondary N) is 1. The van der Waals surface area contributed by atoms with Crippen LogP contribution >= 0.6 is 0 Å². The molecule has 5 rings (SSSR count). The maximum Gasteiger partial charge on any atom is 0.243 e. The summed E-state index contributed by atoms with van der Waals surface area (Å²) in [5.41, 5.74) is 1.55. The minimum Gasteiger partial charge on any atom is -0.356 e. The Morgan fingerprint density at radius 2 is 1.81 bits per heavy atom. The van der Waals surface area contributed by atoms with Gasteiger partial charge in [0.2, 0.25) is 5.95 Å². The van der Waals surface area contributed by atoms with Crippen molar-refractivity contribution in [3.63, 3.8) is 0 Å². The highest BCUT2D eigenvalue weighted by molar-refractivity contribution is 5.78. The van der Waals surface area contributed by atoms with Gasteiger partial charge in [-0.1, -0.05) is 0 Å². The van der Waals surface area contributed by atoms with E-state index in [0.717, 1.165) is 43.5 Å². The van der Waals surface area contributed by atoms with Crippen LogP contribution in [-0.2, 0) is 0 Å². The van der Waals surface area contributed by atoms with E-state index in [1.165, 1.54) is 10.6 Å².